The molecule has 1 rings (SSSR count). The Morgan fingerprint density at radius 3 is 3.07 bits per heavy atom. The van der Waals surface area contributed by atoms with Gasteiger partial charge in [0.2, 0.25) is 0 Å². The van der Waals surface area contributed by atoms with Gasteiger partial charge in [0.15, 0.2) is 0 Å². The Bertz CT molecular complexity index is 245. The lowest BCUT2D eigenvalue weighted by atomic mass is 10.2. The van der Waals surface area contributed by atoms with Crippen LogP contribution >= 0.6 is 0 Å². The molecule has 78 valence electrons. The fourth-order valence-electron chi connectivity index (χ4n) is 1.56. The van der Waals surface area contributed by atoms with Gasteiger partial charge < -0.3 is 10.2 Å². The molecule has 1 aliphatic heterocycles. The van der Waals surface area contributed by atoms with E-state index < -0.39 is 0 Å². The summed E-state index contributed by atoms with van der Waals surface area (Å²) < 4.78 is 0. The second-order valence-corrected chi connectivity index (χ2v) is 3.63. The highest BCUT2D eigenvalue weighted by atomic mass is 15.2. The van der Waals surface area contributed by atoms with Gasteiger partial charge in [-0.1, -0.05) is 0 Å². The second kappa shape index (κ2) is 5.54. The van der Waals surface area contributed by atoms with E-state index in [-0.39, 0.29) is 0 Å². The number of rotatable bonds is 3. The maximum atomic E-state index is 6.77. The smallest absolute Gasteiger partial charge is 0.106 e. The van der Waals surface area contributed by atoms with Crippen molar-refractivity contribution < 1.29 is 0 Å². The molecular weight excluding hydrogens is 176 g/mol. The van der Waals surface area contributed by atoms with Crippen LogP contribution < -0.4 is 5.32 Å². The molecule has 1 unspecified atom stereocenters. The first kappa shape index (κ1) is 10.9. The van der Waals surface area contributed by atoms with Crippen molar-refractivity contribution in [3.8, 4) is 0 Å². The summed E-state index contributed by atoms with van der Waals surface area (Å²) in [6.45, 7) is 7.29. The highest BCUT2D eigenvalue weighted by molar-refractivity contribution is 5.83. The predicted molar refractivity (Wildman–Crippen MR) is 60.1 cm³/mol. The average Bonchev–Trinajstić information content (AvgIpc) is 2.15. The van der Waals surface area contributed by atoms with Gasteiger partial charge in [-0.25, -0.2) is 4.99 Å². The Morgan fingerprint density at radius 1 is 1.64 bits per heavy atom. The summed E-state index contributed by atoms with van der Waals surface area (Å²) in [5.74, 6) is 0. The highest BCUT2D eigenvalue weighted by Crippen LogP contribution is 2.01. The fourth-order valence-corrected chi connectivity index (χ4v) is 1.56. The fraction of sp³-hybridized carbons (Fsp3) is 0.600. The van der Waals surface area contributed by atoms with E-state index in [4.69, 9.17) is 5.41 Å². The number of allylic oxidation sites excluding steroid dienone is 1. The van der Waals surface area contributed by atoms with Crippen LogP contribution in [0.3, 0.4) is 0 Å². The number of piperazine rings is 1. The van der Waals surface area contributed by atoms with E-state index in [2.05, 4.69) is 28.3 Å². The van der Waals surface area contributed by atoms with Crippen LogP contribution in [-0.4, -0.2) is 43.1 Å². The zero-order chi connectivity index (χ0) is 10.4. The van der Waals surface area contributed by atoms with Crippen molar-refractivity contribution in [2.45, 2.75) is 19.9 Å². The van der Waals surface area contributed by atoms with E-state index in [9.17, 15) is 0 Å². The summed E-state index contributed by atoms with van der Waals surface area (Å²) in [5.41, 5.74) is 1.09. The Labute approximate surface area is 85.2 Å². The molecule has 1 saturated heterocycles. The third-order valence-electron chi connectivity index (χ3n) is 2.14. The number of nitrogens with one attached hydrogen (secondary N) is 2. The minimum absolute atomic E-state index is 0.549. The van der Waals surface area contributed by atoms with E-state index in [1.807, 2.05) is 6.92 Å². The van der Waals surface area contributed by atoms with Gasteiger partial charge in [0, 0.05) is 38.1 Å². The number of nitrogens with zero attached hydrogens (tertiary/aromatic N) is 2. The van der Waals surface area contributed by atoms with E-state index in [1.54, 1.807) is 6.21 Å². The summed E-state index contributed by atoms with van der Waals surface area (Å²) in [5, 5.41) is 10.2. The number of hydrogen-bond donors (Lipinski definition) is 2. The van der Waals surface area contributed by atoms with Crippen molar-refractivity contribution in [3.63, 3.8) is 0 Å². The first-order valence-corrected chi connectivity index (χ1v) is 4.90. The van der Waals surface area contributed by atoms with E-state index in [0.717, 1.165) is 31.5 Å². The second-order valence-electron chi connectivity index (χ2n) is 3.63. The molecule has 4 nitrogen and oxygen atoms in total. The van der Waals surface area contributed by atoms with Crippen LogP contribution in [0.5, 0.6) is 0 Å². The maximum Gasteiger partial charge on any atom is 0.106 e. The number of aliphatic imine (C=N–C) groups is 1. The SMILES string of the molecule is CC(/C=N\C=N)=C\N1CCNC(C)C1. The molecule has 14 heavy (non-hydrogen) atoms. The normalized spacial score (nSPS) is 24.3. The molecule has 1 heterocycles. The summed E-state index contributed by atoms with van der Waals surface area (Å²) in [4.78, 5) is 6.05. The van der Waals surface area contributed by atoms with Gasteiger partial charge in [0.25, 0.3) is 0 Å². The molecule has 0 spiro atoms. The van der Waals surface area contributed by atoms with Gasteiger partial charge in [-0.2, -0.15) is 0 Å². The summed E-state index contributed by atoms with van der Waals surface area (Å²) in [6, 6.07) is 0.549. The lowest BCUT2D eigenvalue weighted by molar-refractivity contribution is 0.275. The predicted octanol–water partition coefficient (Wildman–Crippen LogP) is 0.862. The van der Waals surface area contributed by atoms with Crippen molar-refractivity contribution in [1.29, 1.82) is 5.41 Å². The monoisotopic (exact) mass is 194 g/mol. The molecule has 0 aliphatic carbocycles. The highest BCUT2D eigenvalue weighted by Gasteiger charge is 2.11. The van der Waals surface area contributed by atoms with Crippen LogP contribution in [0.1, 0.15) is 13.8 Å². The minimum atomic E-state index is 0.549. The summed E-state index contributed by atoms with van der Waals surface area (Å²) in [7, 11) is 0. The van der Waals surface area contributed by atoms with Crippen LogP contribution in [0, 0.1) is 5.41 Å². The van der Waals surface area contributed by atoms with Crippen LogP contribution in [0.15, 0.2) is 16.8 Å². The topological polar surface area (TPSA) is 51.5 Å². The molecule has 0 aromatic rings. The molecule has 1 fully saturated rings. The van der Waals surface area contributed by atoms with Crippen molar-refractivity contribution in [3.05, 3.63) is 11.8 Å². The molecule has 1 aliphatic rings. The summed E-state index contributed by atoms with van der Waals surface area (Å²) >= 11 is 0. The third kappa shape index (κ3) is 3.70. The zero-order valence-electron chi connectivity index (χ0n) is 8.83. The van der Waals surface area contributed by atoms with Gasteiger partial charge in [0.05, 0.1) is 0 Å². The van der Waals surface area contributed by atoms with Gasteiger partial charge in [-0.05, 0) is 19.4 Å². The van der Waals surface area contributed by atoms with Crippen LogP contribution in [0.25, 0.3) is 0 Å². The zero-order valence-corrected chi connectivity index (χ0v) is 8.83. The lowest BCUT2D eigenvalue weighted by Crippen LogP contribution is -2.47. The van der Waals surface area contributed by atoms with Crippen LogP contribution in [0.4, 0.5) is 0 Å². The summed E-state index contributed by atoms with van der Waals surface area (Å²) in [6.07, 6.45) is 4.86. The molecule has 1 atom stereocenters. The van der Waals surface area contributed by atoms with E-state index in [1.165, 1.54) is 0 Å². The molecule has 0 saturated carbocycles. The minimum Gasteiger partial charge on any atom is -0.374 e. The first-order chi connectivity index (χ1) is 6.72. The number of hydrogen-bond acceptors (Lipinski definition) is 3. The van der Waals surface area contributed by atoms with Gasteiger partial charge in [0.1, 0.15) is 6.34 Å². The van der Waals surface area contributed by atoms with Gasteiger partial charge in [-0.15, -0.1) is 0 Å². The largest absolute Gasteiger partial charge is 0.374 e. The Balaban J connectivity index is 2.48. The Kier molecular flexibility index (Phi) is 4.32. The maximum absolute atomic E-state index is 6.77. The van der Waals surface area contributed by atoms with Crippen molar-refractivity contribution in [1.82, 2.24) is 10.2 Å². The van der Waals surface area contributed by atoms with Crippen LogP contribution in [-0.2, 0) is 0 Å². The molecular formula is C10H18N4. The standard InChI is InChI=1S/C10H18N4/c1-9(5-12-8-11)6-14-4-3-13-10(2)7-14/h5-6,8,10-11,13H,3-4,7H2,1-2H3/b9-6+,11-8?,12-5-. The average molecular weight is 194 g/mol. The Morgan fingerprint density at radius 2 is 2.43 bits per heavy atom. The third-order valence-corrected chi connectivity index (χ3v) is 2.14. The Hall–Kier alpha value is -1.16. The quantitative estimate of drug-likeness (QED) is 0.517. The van der Waals surface area contributed by atoms with E-state index in [0.29, 0.717) is 6.04 Å². The van der Waals surface area contributed by atoms with Crippen molar-refractivity contribution >= 4 is 12.6 Å². The van der Waals surface area contributed by atoms with Crippen molar-refractivity contribution in [2.75, 3.05) is 19.6 Å². The van der Waals surface area contributed by atoms with Crippen molar-refractivity contribution in [2.24, 2.45) is 4.99 Å². The van der Waals surface area contributed by atoms with E-state index >= 15 is 0 Å². The molecule has 0 amide bonds. The molecule has 0 aromatic heterocycles. The van der Waals surface area contributed by atoms with Gasteiger partial charge >= 0.3 is 0 Å². The van der Waals surface area contributed by atoms with Gasteiger partial charge in [-0.3, -0.25) is 5.41 Å². The first-order valence-electron chi connectivity index (χ1n) is 4.90. The molecule has 0 aromatic carbocycles. The lowest BCUT2D eigenvalue weighted by Gasteiger charge is -2.31. The molecule has 0 radical (unpaired) electrons. The molecule has 0 bridgehead atoms. The molecule has 2 N–H and O–H groups in total. The van der Waals surface area contributed by atoms with Crippen LogP contribution in [0.2, 0.25) is 0 Å². The molecule has 4 heteroatoms.